The third kappa shape index (κ3) is 3.13. The predicted molar refractivity (Wildman–Crippen MR) is 114 cm³/mol. The molecular formula is C23H19BrN2O3. The van der Waals surface area contributed by atoms with Gasteiger partial charge in [-0.25, -0.2) is 5.01 Å². The molecule has 5 nitrogen and oxygen atoms in total. The number of phenolic OH excluding ortho intramolecular Hbond substituents is 1. The molecule has 0 radical (unpaired) electrons. The lowest BCUT2D eigenvalue weighted by molar-refractivity contribution is -0.0203. The normalized spacial score (nSPS) is 19.8. The van der Waals surface area contributed by atoms with E-state index >= 15 is 0 Å². The van der Waals surface area contributed by atoms with Gasteiger partial charge in [0.15, 0.2) is 0 Å². The van der Waals surface area contributed by atoms with Crippen LogP contribution in [-0.4, -0.2) is 22.9 Å². The molecule has 0 spiro atoms. The van der Waals surface area contributed by atoms with Gasteiger partial charge in [0.2, 0.25) is 6.23 Å². The molecule has 29 heavy (non-hydrogen) atoms. The summed E-state index contributed by atoms with van der Waals surface area (Å²) in [6.45, 7) is 0. The van der Waals surface area contributed by atoms with Gasteiger partial charge in [0.1, 0.15) is 17.2 Å². The molecule has 2 aliphatic rings. The van der Waals surface area contributed by atoms with Crippen molar-refractivity contribution in [1.82, 2.24) is 5.01 Å². The largest absolute Gasteiger partial charge is 0.507 e. The number of hydrazone groups is 1. The first-order valence-electron chi connectivity index (χ1n) is 9.38. The summed E-state index contributed by atoms with van der Waals surface area (Å²) in [7, 11) is 1.66. The predicted octanol–water partition coefficient (Wildman–Crippen LogP) is 5.41. The molecule has 3 aromatic rings. The van der Waals surface area contributed by atoms with Gasteiger partial charge in [-0.05, 0) is 60.2 Å². The molecule has 3 aromatic carbocycles. The van der Waals surface area contributed by atoms with Crippen molar-refractivity contribution < 1.29 is 14.6 Å². The third-order valence-electron chi connectivity index (χ3n) is 5.38. The van der Waals surface area contributed by atoms with Crippen molar-refractivity contribution in [3.8, 4) is 17.2 Å². The van der Waals surface area contributed by atoms with Crippen LogP contribution < -0.4 is 9.47 Å². The quantitative estimate of drug-likeness (QED) is 0.579. The van der Waals surface area contributed by atoms with Gasteiger partial charge in [-0.1, -0.05) is 28.1 Å². The minimum absolute atomic E-state index is 0.0259. The van der Waals surface area contributed by atoms with E-state index in [1.54, 1.807) is 19.2 Å². The first-order chi connectivity index (χ1) is 14.1. The summed E-state index contributed by atoms with van der Waals surface area (Å²) in [5.41, 5.74) is 3.81. The fourth-order valence-electron chi connectivity index (χ4n) is 3.92. The van der Waals surface area contributed by atoms with Crippen LogP contribution >= 0.6 is 15.9 Å². The number of rotatable bonds is 3. The topological polar surface area (TPSA) is 54.3 Å². The van der Waals surface area contributed by atoms with Crippen LogP contribution in [-0.2, 0) is 0 Å². The van der Waals surface area contributed by atoms with E-state index in [4.69, 9.17) is 14.6 Å². The van der Waals surface area contributed by atoms with E-state index in [0.29, 0.717) is 5.56 Å². The molecule has 146 valence electrons. The number of aromatic hydroxyl groups is 1. The summed E-state index contributed by atoms with van der Waals surface area (Å²) in [4.78, 5) is 0. The molecule has 0 amide bonds. The Kier molecular flexibility index (Phi) is 4.43. The van der Waals surface area contributed by atoms with Crippen molar-refractivity contribution in [2.24, 2.45) is 5.10 Å². The molecule has 0 fully saturated rings. The highest BCUT2D eigenvalue weighted by molar-refractivity contribution is 9.10. The van der Waals surface area contributed by atoms with E-state index in [2.05, 4.69) is 22.0 Å². The van der Waals surface area contributed by atoms with Gasteiger partial charge < -0.3 is 14.6 Å². The SMILES string of the molecule is COc1ccc(C2=NN3[C@@H](c4ccccc4O)Oc4ccc(Br)cc4[C@@H]3C2)cc1. The number of halogens is 1. The average molecular weight is 451 g/mol. The molecule has 1 N–H and O–H groups in total. The number of fused-ring (bicyclic) bond motifs is 3. The molecule has 0 saturated heterocycles. The molecular weight excluding hydrogens is 432 g/mol. The highest BCUT2D eigenvalue weighted by atomic mass is 79.9. The van der Waals surface area contributed by atoms with Crippen LogP contribution in [0.15, 0.2) is 76.3 Å². The Morgan fingerprint density at radius 1 is 1.07 bits per heavy atom. The fourth-order valence-corrected chi connectivity index (χ4v) is 4.30. The zero-order chi connectivity index (χ0) is 20.0. The van der Waals surface area contributed by atoms with Crippen molar-refractivity contribution in [2.45, 2.75) is 18.7 Å². The summed E-state index contributed by atoms with van der Waals surface area (Å²) < 4.78 is 12.6. The van der Waals surface area contributed by atoms with Gasteiger partial charge in [0, 0.05) is 16.5 Å². The second-order valence-electron chi connectivity index (χ2n) is 7.09. The summed E-state index contributed by atoms with van der Waals surface area (Å²) in [6, 6.07) is 21.2. The van der Waals surface area contributed by atoms with E-state index in [1.165, 1.54) is 0 Å². The van der Waals surface area contributed by atoms with Crippen LogP contribution in [0.3, 0.4) is 0 Å². The maximum atomic E-state index is 10.4. The lowest BCUT2D eigenvalue weighted by atomic mass is 9.96. The Morgan fingerprint density at radius 2 is 1.86 bits per heavy atom. The second-order valence-corrected chi connectivity index (χ2v) is 8.00. The molecule has 0 unspecified atom stereocenters. The first kappa shape index (κ1) is 18.1. The number of hydrogen-bond acceptors (Lipinski definition) is 5. The number of phenols is 1. The van der Waals surface area contributed by atoms with Crippen molar-refractivity contribution in [1.29, 1.82) is 0 Å². The van der Waals surface area contributed by atoms with E-state index in [-0.39, 0.29) is 11.8 Å². The lowest BCUT2D eigenvalue weighted by Gasteiger charge is -2.38. The monoisotopic (exact) mass is 450 g/mol. The molecule has 5 rings (SSSR count). The molecule has 2 atom stereocenters. The van der Waals surface area contributed by atoms with Gasteiger partial charge in [0.05, 0.1) is 24.4 Å². The van der Waals surface area contributed by atoms with Crippen molar-refractivity contribution in [3.63, 3.8) is 0 Å². The number of hydrogen-bond donors (Lipinski definition) is 1. The zero-order valence-corrected chi connectivity index (χ0v) is 17.3. The maximum absolute atomic E-state index is 10.4. The van der Waals surface area contributed by atoms with Crippen LogP contribution in [0.2, 0.25) is 0 Å². The smallest absolute Gasteiger partial charge is 0.217 e. The molecule has 0 saturated carbocycles. The number of ether oxygens (including phenoxy) is 2. The number of nitrogens with zero attached hydrogens (tertiary/aromatic N) is 2. The molecule has 2 heterocycles. The lowest BCUT2D eigenvalue weighted by Crippen LogP contribution is -2.33. The van der Waals surface area contributed by atoms with E-state index in [9.17, 15) is 5.11 Å². The number of methoxy groups -OCH3 is 1. The van der Waals surface area contributed by atoms with Crippen molar-refractivity contribution in [3.05, 3.63) is 87.9 Å². The Balaban J connectivity index is 1.59. The molecule has 2 aliphatic heterocycles. The minimum atomic E-state index is -0.495. The number of para-hydroxylation sites is 1. The van der Waals surface area contributed by atoms with Gasteiger partial charge in [0.25, 0.3) is 0 Å². The number of benzene rings is 3. The Morgan fingerprint density at radius 3 is 2.62 bits per heavy atom. The third-order valence-corrected chi connectivity index (χ3v) is 5.87. The maximum Gasteiger partial charge on any atom is 0.217 e. The van der Waals surface area contributed by atoms with E-state index in [0.717, 1.165) is 39.2 Å². The molecule has 0 bridgehead atoms. The van der Waals surface area contributed by atoms with Crippen LogP contribution in [0.1, 0.15) is 35.4 Å². The van der Waals surface area contributed by atoms with Crippen molar-refractivity contribution in [2.75, 3.05) is 7.11 Å². The van der Waals surface area contributed by atoms with Gasteiger partial charge in [-0.15, -0.1) is 0 Å². The Hall–Kier alpha value is -2.99. The molecule has 0 aromatic heterocycles. The Labute approximate surface area is 177 Å². The van der Waals surface area contributed by atoms with Gasteiger partial charge in [-0.2, -0.15) is 5.10 Å². The van der Waals surface area contributed by atoms with Crippen LogP contribution in [0, 0.1) is 0 Å². The highest BCUT2D eigenvalue weighted by Gasteiger charge is 2.41. The van der Waals surface area contributed by atoms with Crippen molar-refractivity contribution >= 4 is 21.6 Å². The van der Waals surface area contributed by atoms with Crippen LogP contribution in [0.5, 0.6) is 17.2 Å². The molecule has 0 aliphatic carbocycles. The second kappa shape index (κ2) is 7.12. The van der Waals surface area contributed by atoms with E-state index < -0.39 is 6.23 Å². The summed E-state index contributed by atoms with van der Waals surface area (Å²) in [5, 5.41) is 17.3. The minimum Gasteiger partial charge on any atom is -0.507 e. The summed E-state index contributed by atoms with van der Waals surface area (Å²) in [5.74, 6) is 1.83. The summed E-state index contributed by atoms with van der Waals surface area (Å²) >= 11 is 3.57. The van der Waals surface area contributed by atoms with E-state index in [1.807, 2.05) is 53.5 Å². The fraction of sp³-hybridized carbons (Fsp3) is 0.174. The molecule has 6 heteroatoms. The van der Waals surface area contributed by atoms with Crippen LogP contribution in [0.4, 0.5) is 0 Å². The van der Waals surface area contributed by atoms with Crippen LogP contribution in [0.25, 0.3) is 0 Å². The Bertz CT molecular complexity index is 1100. The zero-order valence-electron chi connectivity index (χ0n) is 15.7. The standard InChI is InChI=1S/C23H19BrN2O3/c1-28-16-9-6-14(7-10-16)19-13-20-18-12-15(24)8-11-22(18)29-23(26(20)25-19)17-4-2-3-5-21(17)27/h2-12,20,23,27H,13H2,1H3/t20-,23+/m0/s1. The average Bonchev–Trinajstić information content (AvgIpc) is 3.20. The first-order valence-corrected chi connectivity index (χ1v) is 10.2. The van der Waals surface area contributed by atoms with Gasteiger partial charge >= 0.3 is 0 Å². The highest BCUT2D eigenvalue weighted by Crippen LogP contribution is 2.49. The van der Waals surface area contributed by atoms with Gasteiger partial charge in [-0.3, -0.25) is 0 Å². The summed E-state index contributed by atoms with van der Waals surface area (Å²) in [6.07, 6.45) is 0.258.